The minimum Gasteiger partial charge on any atom is -0.466 e. The Morgan fingerprint density at radius 3 is 1.00 bits per heavy atom. The molecule has 2 unspecified atom stereocenters. The SMILES string of the molecule is CCCCC/C=C\CCCCCCCC(=O)OCCCCCCCCCCCCCCCCCCCCCCCCCCCC(=O)NC(CO)C(O)/C=C/CCCCCCCCCCCCCCCCCCC. The molecule has 0 heterocycles. The third-order valence-corrected chi connectivity index (χ3v) is 15.5. The van der Waals surface area contributed by atoms with E-state index in [1.165, 1.54) is 295 Å². The Hall–Kier alpha value is -1.66. The first-order chi connectivity index (χ1) is 36.0. The zero-order valence-corrected chi connectivity index (χ0v) is 49.4. The number of allylic oxidation sites excluding steroid dienone is 3. The summed E-state index contributed by atoms with van der Waals surface area (Å²) in [6, 6.07) is -0.627. The molecular formula is C67H129NO5. The molecule has 0 aromatic rings. The number of rotatable bonds is 62. The second-order valence-corrected chi connectivity index (χ2v) is 22.8. The van der Waals surface area contributed by atoms with Gasteiger partial charge in [0.15, 0.2) is 0 Å². The van der Waals surface area contributed by atoms with E-state index in [0.29, 0.717) is 19.4 Å². The highest BCUT2D eigenvalue weighted by Gasteiger charge is 2.18. The Labute approximate surface area is 456 Å². The van der Waals surface area contributed by atoms with Crippen molar-refractivity contribution in [3.05, 3.63) is 24.3 Å². The Bertz CT molecular complexity index is 1140. The van der Waals surface area contributed by atoms with Crippen LogP contribution in [0.2, 0.25) is 0 Å². The van der Waals surface area contributed by atoms with Gasteiger partial charge in [-0.15, -0.1) is 0 Å². The van der Waals surface area contributed by atoms with Crippen molar-refractivity contribution in [2.45, 2.75) is 379 Å². The maximum atomic E-state index is 12.5. The monoisotopic (exact) mass is 1030 g/mol. The average molecular weight is 1030 g/mol. The predicted molar refractivity (Wildman–Crippen MR) is 320 cm³/mol. The maximum Gasteiger partial charge on any atom is 0.305 e. The van der Waals surface area contributed by atoms with E-state index in [0.717, 1.165) is 44.9 Å². The first-order valence-corrected chi connectivity index (χ1v) is 33.1. The number of aliphatic hydroxyl groups is 2. The predicted octanol–water partition coefficient (Wildman–Crippen LogP) is 21.0. The second kappa shape index (κ2) is 62.9. The van der Waals surface area contributed by atoms with Crippen molar-refractivity contribution in [2.24, 2.45) is 0 Å². The third-order valence-electron chi connectivity index (χ3n) is 15.5. The lowest BCUT2D eigenvalue weighted by Crippen LogP contribution is -2.45. The fourth-order valence-electron chi connectivity index (χ4n) is 10.4. The average Bonchev–Trinajstić information content (AvgIpc) is 3.39. The summed E-state index contributed by atoms with van der Waals surface area (Å²) in [6.07, 6.45) is 78.1. The lowest BCUT2D eigenvalue weighted by molar-refractivity contribution is -0.143. The number of carbonyl (C=O) groups excluding carboxylic acids is 2. The number of amides is 1. The molecule has 73 heavy (non-hydrogen) atoms. The van der Waals surface area contributed by atoms with Crippen LogP contribution in [0.25, 0.3) is 0 Å². The van der Waals surface area contributed by atoms with E-state index < -0.39 is 12.1 Å². The molecule has 3 N–H and O–H groups in total. The Kier molecular flexibility index (Phi) is 61.4. The largest absolute Gasteiger partial charge is 0.466 e. The van der Waals surface area contributed by atoms with Crippen molar-refractivity contribution in [3.63, 3.8) is 0 Å². The van der Waals surface area contributed by atoms with Crippen LogP contribution < -0.4 is 5.32 Å². The standard InChI is InChI=1S/C67H129NO5/c1-3-5-7-9-11-13-15-17-18-19-27-30-33-36-39-43-47-51-55-59-65(70)64(63-69)68-66(71)60-56-52-48-44-40-37-34-31-28-25-23-21-20-22-24-26-29-32-35-38-42-46-50-54-58-62-73-67(72)61-57-53-49-45-41-16-14-12-10-8-6-4-2/h12,14,55,59,64-65,69-70H,3-11,13,15-54,56-58,60-63H2,1-2H3,(H,68,71)/b14-12-,59-55+. The maximum absolute atomic E-state index is 12.5. The van der Waals surface area contributed by atoms with Gasteiger partial charge in [0.2, 0.25) is 5.91 Å². The molecule has 0 aromatic heterocycles. The summed E-state index contributed by atoms with van der Waals surface area (Å²) in [6.45, 7) is 4.91. The Morgan fingerprint density at radius 2 is 0.644 bits per heavy atom. The molecule has 6 heteroatoms. The molecular weight excluding hydrogens is 899 g/mol. The number of aliphatic hydroxyl groups excluding tert-OH is 2. The molecule has 0 aliphatic carbocycles. The zero-order valence-electron chi connectivity index (χ0n) is 49.4. The van der Waals surface area contributed by atoms with Gasteiger partial charge in [-0.1, -0.05) is 321 Å². The van der Waals surface area contributed by atoms with Crippen molar-refractivity contribution < 1.29 is 24.5 Å². The van der Waals surface area contributed by atoms with Crippen molar-refractivity contribution >= 4 is 11.9 Å². The Morgan fingerprint density at radius 1 is 0.370 bits per heavy atom. The summed E-state index contributed by atoms with van der Waals surface area (Å²) in [4.78, 5) is 24.5. The van der Waals surface area contributed by atoms with Crippen LogP contribution in [0.1, 0.15) is 367 Å². The molecule has 0 saturated heterocycles. The van der Waals surface area contributed by atoms with Crippen molar-refractivity contribution in [2.75, 3.05) is 13.2 Å². The first-order valence-electron chi connectivity index (χ1n) is 33.1. The molecule has 6 nitrogen and oxygen atoms in total. The van der Waals surface area contributed by atoms with Crippen molar-refractivity contribution in [1.29, 1.82) is 0 Å². The van der Waals surface area contributed by atoms with E-state index in [1.54, 1.807) is 6.08 Å². The van der Waals surface area contributed by atoms with Crippen molar-refractivity contribution in [3.8, 4) is 0 Å². The van der Waals surface area contributed by atoms with E-state index >= 15 is 0 Å². The summed E-state index contributed by atoms with van der Waals surface area (Å²) >= 11 is 0. The number of ether oxygens (including phenoxy) is 1. The lowest BCUT2D eigenvalue weighted by atomic mass is 10.0. The number of carbonyl (C=O) groups is 2. The highest BCUT2D eigenvalue weighted by molar-refractivity contribution is 5.76. The van der Waals surface area contributed by atoms with Crippen LogP contribution in [-0.4, -0.2) is 47.4 Å². The minimum absolute atomic E-state index is 0.00629. The summed E-state index contributed by atoms with van der Waals surface area (Å²) in [5, 5.41) is 23.2. The van der Waals surface area contributed by atoms with Crippen LogP contribution in [0.4, 0.5) is 0 Å². The molecule has 0 spiro atoms. The zero-order chi connectivity index (χ0) is 52.9. The minimum atomic E-state index is -0.844. The van der Waals surface area contributed by atoms with Gasteiger partial charge in [0.05, 0.1) is 25.4 Å². The molecule has 0 aromatic carbocycles. The van der Waals surface area contributed by atoms with Crippen LogP contribution in [-0.2, 0) is 14.3 Å². The summed E-state index contributed by atoms with van der Waals surface area (Å²) < 4.78 is 5.47. The normalized spacial score (nSPS) is 12.7. The number of unbranched alkanes of at least 4 members (excludes halogenated alkanes) is 49. The smallest absolute Gasteiger partial charge is 0.305 e. The summed E-state index contributed by atoms with van der Waals surface area (Å²) in [5.74, 6) is -0.0567. The molecule has 432 valence electrons. The molecule has 0 aliphatic heterocycles. The van der Waals surface area contributed by atoms with Crippen LogP contribution in [0.15, 0.2) is 24.3 Å². The number of hydrogen-bond acceptors (Lipinski definition) is 5. The summed E-state index contributed by atoms with van der Waals surface area (Å²) in [5.41, 5.74) is 0. The molecule has 1 amide bonds. The van der Waals surface area contributed by atoms with Gasteiger partial charge in [0, 0.05) is 12.8 Å². The molecule has 0 fully saturated rings. The lowest BCUT2D eigenvalue weighted by Gasteiger charge is -2.20. The molecule has 0 rings (SSSR count). The fraction of sp³-hybridized carbons (Fsp3) is 0.910. The number of nitrogens with one attached hydrogen (secondary N) is 1. The third kappa shape index (κ3) is 59.4. The first kappa shape index (κ1) is 71.3. The van der Waals surface area contributed by atoms with Gasteiger partial charge in [0.1, 0.15) is 0 Å². The fourth-order valence-corrected chi connectivity index (χ4v) is 10.4. The number of esters is 1. The molecule has 0 bridgehead atoms. The molecule has 2 atom stereocenters. The van der Waals surface area contributed by atoms with Crippen molar-refractivity contribution in [1.82, 2.24) is 5.32 Å². The quantitative estimate of drug-likeness (QED) is 0.0320. The second-order valence-electron chi connectivity index (χ2n) is 22.8. The highest BCUT2D eigenvalue weighted by Crippen LogP contribution is 2.18. The van der Waals surface area contributed by atoms with Gasteiger partial charge >= 0.3 is 5.97 Å². The van der Waals surface area contributed by atoms with Gasteiger partial charge in [-0.3, -0.25) is 9.59 Å². The molecule has 0 radical (unpaired) electrons. The van der Waals surface area contributed by atoms with E-state index in [2.05, 4.69) is 31.3 Å². The van der Waals surface area contributed by atoms with Crippen LogP contribution in [0, 0.1) is 0 Å². The van der Waals surface area contributed by atoms with E-state index in [4.69, 9.17) is 4.74 Å². The van der Waals surface area contributed by atoms with Gasteiger partial charge in [-0.25, -0.2) is 0 Å². The summed E-state index contributed by atoms with van der Waals surface area (Å²) in [7, 11) is 0. The van der Waals surface area contributed by atoms with Gasteiger partial charge in [0.25, 0.3) is 0 Å². The number of hydrogen-bond donors (Lipinski definition) is 3. The molecule has 0 aliphatic rings. The molecule has 0 saturated carbocycles. The highest BCUT2D eigenvalue weighted by atomic mass is 16.5. The topological polar surface area (TPSA) is 95.9 Å². The van der Waals surface area contributed by atoms with Gasteiger partial charge < -0.3 is 20.3 Å². The van der Waals surface area contributed by atoms with E-state index in [-0.39, 0.29) is 18.5 Å². The van der Waals surface area contributed by atoms with Gasteiger partial charge in [-0.05, 0) is 57.8 Å². The van der Waals surface area contributed by atoms with Crippen LogP contribution in [0.5, 0.6) is 0 Å². The van der Waals surface area contributed by atoms with Crippen LogP contribution >= 0.6 is 0 Å². The Balaban J connectivity index is 3.39. The van der Waals surface area contributed by atoms with E-state index in [1.807, 2.05) is 6.08 Å². The van der Waals surface area contributed by atoms with Crippen LogP contribution in [0.3, 0.4) is 0 Å². The van der Waals surface area contributed by atoms with Gasteiger partial charge in [-0.2, -0.15) is 0 Å². The van der Waals surface area contributed by atoms with E-state index in [9.17, 15) is 19.8 Å².